The van der Waals surface area contributed by atoms with Gasteiger partial charge in [-0.15, -0.1) is 0 Å². The molecule has 5 heteroatoms. The highest BCUT2D eigenvalue weighted by Gasteiger charge is 2.37. The quantitative estimate of drug-likeness (QED) is 0.640. The first-order valence-electron chi connectivity index (χ1n) is 10.0. The number of nitrogens with one attached hydrogen (secondary N) is 1. The first-order chi connectivity index (χ1) is 13.5. The van der Waals surface area contributed by atoms with Gasteiger partial charge in [0, 0.05) is 0 Å². The van der Waals surface area contributed by atoms with Crippen LogP contribution >= 0.6 is 0 Å². The predicted octanol–water partition coefficient (Wildman–Crippen LogP) is 4.76. The molecule has 4 rings (SSSR count). The van der Waals surface area contributed by atoms with Gasteiger partial charge in [-0.2, -0.15) is 0 Å². The number of carbonyl (C=O) groups is 1. The Hall–Kier alpha value is -2.82. The first kappa shape index (κ1) is 19.5. The number of H-pyrrole nitrogens is 1. The monoisotopic (exact) mass is 392 g/mol. The largest absolute Gasteiger partial charge is 0.465 e. The topological polar surface area (TPSA) is 64.1 Å². The number of benzene rings is 2. The van der Waals surface area contributed by atoms with Crippen molar-refractivity contribution in [3.05, 3.63) is 63.1 Å². The van der Waals surface area contributed by atoms with Crippen LogP contribution in [0.1, 0.15) is 67.6 Å². The van der Waals surface area contributed by atoms with Crippen molar-refractivity contribution in [3.63, 3.8) is 0 Å². The summed E-state index contributed by atoms with van der Waals surface area (Å²) >= 11 is 0. The van der Waals surface area contributed by atoms with E-state index < -0.39 is 5.97 Å². The summed E-state index contributed by atoms with van der Waals surface area (Å²) in [6, 6.07) is 9.60. The van der Waals surface area contributed by atoms with Crippen molar-refractivity contribution in [2.75, 3.05) is 7.11 Å². The lowest BCUT2D eigenvalue weighted by atomic mass is 9.63. The van der Waals surface area contributed by atoms with Gasteiger partial charge in [0.05, 0.1) is 29.4 Å². The maximum absolute atomic E-state index is 12.9. The molecule has 5 nitrogen and oxygen atoms in total. The minimum absolute atomic E-state index is 0.0566. The molecule has 0 fully saturated rings. The van der Waals surface area contributed by atoms with Crippen LogP contribution in [0.25, 0.3) is 16.7 Å². The summed E-state index contributed by atoms with van der Waals surface area (Å²) < 4.78 is 6.50. The second-order valence-corrected chi connectivity index (χ2v) is 9.44. The molecule has 1 aromatic heterocycles. The molecule has 29 heavy (non-hydrogen) atoms. The van der Waals surface area contributed by atoms with Crippen LogP contribution in [0.2, 0.25) is 0 Å². The number of ether oxygens (including phenoxy) is 1. The molecule has 0 radical (unpaired) electrons. The van der Waals surface area contributed by atoms with Crippen LogP contribution in [0.5, 0.6) is 0 Å². The summed E-state index contributed by atoms with van der Waals surface area (Å²) in [5, 5.41) is 0. The van der Waals surface area contributed by atoms with E-state index in [-0.39, 0.29) is 16.5 Å². The summed E-state index contributed by atoms with van der Waals surface area (Å²) in [6.45, 7) is 11.2. The van der Waals surface area contributed by atoms with Crippen molar-refractivity contribution in [2.24, 2.45) is 0 Å². The number of aromatic amines is 1. The molecular weight excluding hydrogens is 364 g/mol. The lowest BCUT2D eigenvalue weighted by Crippen LogP contribution is -2.34. The van der Waals surface area contributed by atoms with Crippen LogP contribution in [-0.2, 0) is 15.6 Å². The number of aryl methyl sites for hydroxylation is 1. The van der Waals surface area contributed by atoms with Crippen LogP contribution in [0.15, 0.2) is 35.1 Å². The van der Waals surface area contributed by atoms with E-state index in [2.05, 4.69) is 51.7 Å². The van der Waals surface area contributed by atoms with E-state index in [4.69, 9.17) is 4.74 Å². The van der Waals surface area contributed by atoms with Gasteiger partial charge in [0.15, 0.2) is 0 Å². The second kappa shape index (κ2) is 6.34. The van der Waals surface area contributed by atoms with Crippen LogP contribution in [0, 0.1) is 6.92 Å². The second-order valence-electron chi connectivity index (χ2n) is 9.44. The van der Waals surface area contributed by atoms with E-state index in [1.165, 1.54) is 18.2 Å². The molecule has 0 spiro atoms. The molecule has 1 N–H and O–H groups in total. The Balaban J connectivity index is 1.96. The summed E-state index contributed by atoms with van der Waals surface area (Å²) in [5.41, 5.74) is 6.38. The van der Waals surface area contributed by atoms with Crippen molar-refractivity contribution in [3.8, 4) is 5.69 Å². The van der Waals surface area contributed by atoms with Crippen molar-refractivity contribution >= 4 is 17.0 Å². The highest BCUT2D eigenvalue weighted by molar-refractivity contribution is 5.93. The smallest absolute Gasteiger partial charge is 0.337 e. The number of esters is 1. The Morgan fingerprint density at radius 3 is 2.28 bits per heavy atom. The van der Waals surface area contributed by atoms with Crippen LogP contribution in [0.4, 0.5) is 0 Å². The van der Waals surface area contributed by atoms with Crippen molar-refractivity contribution in [2.45, 2.75) is 58.3 Å². The van der Waals surface area contributed by atoms with Gasteiger partial charge in [-0.3, -0.25) is 4.57 Å². The molecule has 3 aromatic rings. The first-order valence-corrected chi connectivity index (χ1v) is 10.0. The predicted molar refractivity (Wildman–Crippen MR) is 115 cm³/mol. The zero-order valence-corrected chi connectivity index (χ0v) is 18.0. The lowest BCUT2D eigenvalue weighted by molar-refractivity contribution is 0.0601. The molecule has 1 heterocycles. The highest BCUT2D eigenvalue weighted by atomic mass is 16.5. The van der Waals surface area contributed by atoms with Crippen molar-refractivity contribution in [1.29, 1.82) is 0 Å². The molecular formula is C24H28N2O3. The van der Waals surface area contributed by atoms with Gasteiger partial charge in [-0.25, -0.2) is 9.59 Å². The molecule has 0 unspecified atom stereocenters. The van der Waals surface area contributed by atoms with E-state index >= 15 is 0 Å². The van der Waals surface area contributed by atoms with E-state index in [1.807, 2.05) is 0 Å². The maximum atomic E-state index is 12.9. The zero-order valence-electron chi connectivity index (χ0n) is 18.0. The molecule has 0 bridgehead atoms. The van der Waals surface area contributed by atoms with Crippen LogP contribution < -0.4 is 5.69 Å². The standard InChI is InChI=1S/C24H28N2O3/c1-14-11-16-17(24(4,5)10-9-23(16,2)3)13-20(14)26-19-8-7-15(21(27)29-6)12-18(19)25-22(26)28/h7-8,11-13H,9-10H2,1-6H3,(H,25,28). The normalized spacial score (nSPS) is 17.2. The fourth-order valence-electron chi connectivity index (χ4n) is 4.55. The highest BCUT2D eigenvalue weighted by Crippen LogP contribution is 2.47. The Morgan fingerprint density at radius 1 is 1.03 bits per heavy atom. The van der Waals surface area contributed by atoms with E-state index in [9.17, 15) is 9.59 Å². The molecule has 1 aliphatic carbocycles. The number of methoxy groups -OCH3 is 1. The third kappa shape index (κ3) is 3.00. The SMILES string of the molecule is COC(=O)c1ccc2c(c1)[nH]c(=O)n2-c1cc2c(cc1C)C(C)(C)CCC2(C)C. The molecule has 1 aliphatic rings. The number of nitrogens with zero attached hydrogens (tertiary/aromatic N) is 1. The van der Waals surface area contributed by atoms with Crippen LogP contribution in [-0.4, -0.2) is 22.6 Å². The lowest BCUT2D eigenvalue weighted by Gasteiger charge is -2.42. The molecule has 2 aromatic carbocycles. The average molecular weight is 392 g/mol. The van der Waals surface area contributed by atoms with Gasteiger partial charge in [-0.05, 0) is 71.6 Å². The van der Waals surface area contributed by atoms with Gasteiger partial charge in [0.1, 0.15) is 0 Å². The summed E-state index contributed by atoms with van der Waals surface area (Å²) in [6.07, 6.45) is 2.26. The Bertz CT molecular complexity index is 1190. The number of hydrogen-bond acceptors (Lipinski definition) is 3. The number of fused-ring (bicyclic) bond motifs is 2. The number of imidazole rings is 1. The third-order valence-electron chi connectivity index (χ3n) is 6.51. The van der Waals surface area contributed by atoms with Crippen LogP contribution in [0.3, 0.4) is 0 Å². The Labute approximate surface area is 170 Å². The zero-order chi connectivity index (χ0) is 21.1. The minimum atomic E-state index is -0.422. The molecule has 0 saturated heterocycles. The number of rotatable bonds is 2. The Kier molecular flexibility index (Phi) is 4.26. The molecule has 0 atom stereocenters. The van der Waals surface area contributed by atoms with Gasteiger partial charge >= 0.3 is 11.7 Å². The summed E-state index contributed by atoms with van der Waals surface area (Å²) in [4.78, 5) is 27.6. The van der Waals surface area contributed by atoms with Gasteiger partial charge in [0.2, 0.25) is 0 Å². The van der Waals surface area contributed by atoms with Gasteiger partial charge in [-0.1, -0.05) is 33.8 Å². The number of carbonyl (C=O) groups excluding carboxylic acids is 1. The van der Waals surface area contributed by atoms with E-state index in [1.54, 1.807) is 22.8 Å². The summed E-state index contributed by atoms with van der Waals surface area (Å²) in [7, 11) is 1.35. The molecule has 152 valence electrons. The Morgan fingerprint density at radius 2 is 1.66 bits per heavy atom. The fourth-order valence-corrected chi connectivity index (χ4v) is 4.55. The van der Waals surface area contributed by atoms with Crippen molar-refractivity contribution in [1.82, 2.24) is 9.55 Å². The minimum Gasteiger partial charge on any atom is -0.465 e. The summed E-state index contributed by atoms with van der Waals surface area (Å²) in [5.74, 6) is -0.422. The van der Waals surface area contributed by atoms with Gasteiger partial charge < -0.3 is 9.72 Å². The van der Waals surface area contributed by atoms with E-state index in [0.29, 0.717) is 11.1 Å². The molecule has 0 aliphatic heterocycles. The average Bonchev–Trinajstić information content (AvgIpc) is 2.99. The van der Waals surface area contributed by atoms with Crippen molar-refractivity contribution < 1.29 is 9.53 Å². The third-order valence-corrected chi connectivity index (χ3v) is 6.51. The maximum Gasteiger partial charge on any atom is 0.337 e. The fraction of sp³-hybridized carbons (Fsp3) is 0.417. The van der Waals surface area contributed by atoms with E-state index in [0.717, 1.165) is 29.6 Å². The molecule has 0 saturated carbocycles. The number of hydrogen-bond donors (Lipinski definition) is 1. The number of aromatic nitrogens is 2. The van der Waals surface area contributed by atoms with Gasteiger partial charge in [0.25, 0.3) is 0 Å². The molecule has 0 amide bonds.